The first-order valence-corrected chi connectivity index (χ1v) is 16.1. The van der Waals surface area contributed by atoms with Gasteiger partial charge in [-0.3, -0.25) is 24.0 Å². The first kappa shape index (κ1) is 35.3. The van der Waals surface area contributed by atoms with Crippen LogP contribution in [0.3, 0.4) is 0 Å². The van der Waals surface area contributed by atoms with Crippen molar-refractivity contribution in [1.82, 2.24) is 0 Å². The molecular weight excluding hydrogens is 672 g/mol. The summed E-state index contributed by atoms with van der Waals surface area (Å²) in [6.07, 6.45) is -2.74. The van der Waals surface area contributed by atoms with E-state index in [1.807, 2.05) is 0 Å². The van der Waals surface area contributed by atoms with Gasteiger partial charge in [-0.15, -0.1) is 0 Å². The normalized spacial score (nSPS) is 28.0. The summed E-state index contributed by atoms with van der Waals surface area (Å²) < 4.78 is 28.7. The van der Waals surface area contributed by atoms with Gasteiger partial charge < -0.3 is 49.2 Å². The van der Waals surface area contributed by atoms with E-state index < -0.39 is 112 Å². The molecule has 51 heavy (non-hydrogen) atoms. The Balaban J connectivity index is 1.51. The number of carbonyl (C=O) groups is 5. The van der Waals surface area contributed by atoms with Crippen LogP contribution in [0.2, 0.25) is 0 Å². The van der Waals surface area contributed by atoms with Crippen molar-refractivity contribution in [2.75, 3.05) is 13.2 Å². The van der Waals surface area contributed by atoms with E-state index in [2.05, 4.69) is 0 Å². The van der Waals surface area contributed by atoms with Gasteiger partial charge in [0.15, 0.2) is 23.8 Å². The average Bonchev–Trinajstić information content (AvgIpc) is 3.03. The number of benzene rings is 2. The molecule has 2 saturated carbocycles. The number of aliphatic hydroxyl groups is 3. The molecular formula is C36H36O15. The second kappa shape index (κ2) is 12.3. The molecule has 2 aromatic carbocycles. The third-order valence-electron chi connectivity index (χ3n) is 9.78. The number of ketones is 2. The molecule has 2 heterocycles. The van der Waals surface area contributed by atoms with E-state index in [9.17, 15) is 49.5 Å². The van der Waals surface area contributed by atoms with Crippen LogP contribution in [0.4, 0.5) is 0 Å². The van der Waals surface area contributed by atoms with Crippen LogP contribution in [0.1, 0.15) is 58.6 Å². The molecule has 6 rings (SSSR count). The zero-order chi connectivity index (χ0) is 37.3. The van der Waals surface area contributed by atoms with Crippen molar-refractivity contribution in [1.29, 1.82) is 0 Å². The molecule has 15 nitrogen and oxygen atoms in total. The molecule has 2 fully saturated rings. The van der Waals surface area contributed by atoms with E-state index >= 15 is 0 Å². The molecule has 2 aromatic rings. The van der Waals surface area contributed by atoms with Gasteiger partial charge in [0.2, 0.25) is 11.2 Å². The van der Waals surface area contributed by atoms with Gasteiger partial charge in [0, 0.05) is 56.6 Å². The monoisotopic (exact) mass is 708 g/mol. The highest BCUT2D eigenvalue weighted by Gasteiger charge is 2.61. The highest BCUT2D eigenvalue weighted by molar-refractivity contribution is 6.08. The molecule has 0 spiro atoms. The van der Waals surface area contributed by atoms with Gasteiger partial charge in [0.1, 0.15) is 52.3 Å². The Morgan fingerprint density at radius 2 is 1.12 bits per heavy atom. The van der Waals surface area contributed by atoms with Crippen molar-refractivity contribution in [3.05, 3.63) is 46.5 Å². The van der Waals surface area contributed by atoms with E-state index in [0.29, 0.717) is 0 Å². The Labute approximate surface area is 290 Å². The molecule has 5 N–H and O–H groups in total. The van der Waals surface area contributed by atoms with Crippen molar-refractivity contribution in [3.8, 4) is 34.1 Å². The number of fused-ring (bicyclic) bond motifs is 4. The number of hydrogen-bond acceptors (Lipinski definition) is 15. The van der Waals surface area contributed by atoms with E-state index in [-0.39, 0.29) is 46.6 Å². The Kier molecular flexibility index (Phi) is 8.53. The highest BCUT2D eigenvalue weighted by atomic mass is 16.6. The summed E-state index contributed by atoms with van der Waals surface area (Å²) in [7, 11) is 0. The first-order chi connectivity index (χ1) is 24.0. The lowest BCUT2D eigenvalue weighted by atomic mass is 9.69. The molecule has 0 aromatic heterocycles. The lowest BCUT2D eigenvalue weighted by Crippen LogP contribution is -2.63. The lowest BCUT2D eigenvalue weighted by Gasteiger charge is -2.48. The largest absolute Gasteiger partial charge is 0.506 e. The van der Waals surface area contributed by atoms with Gasteiger partial charge in [-0.25, -0.2) is 0 Å². The molecule has 0 saturated heterocycles. The molecule has 0 unspecified atom stereocenters. The maximum atomic E-state index is 13.5. The van der Waals surface area contributed by atoms with Crippen LogP contribution in [0.5, 0.6) is 23.0 Å². The Morgan fingerprint density at radius 3 is 1.53 bits per heavy atom. The fourth-order valence-electron chi connectivity index (χ4n) is 7.79. The fourth-order valence-corrected chi connectivity index (χ4v) is 7.79. The number of Topliss-reactive ketones (excluding diaryl/α,β-unsaturated/α-hetero) is 2. The van der Waals surface area contributed by atoms with Crippen molar-refractivity contribution in [2.45, 2.75) is 70.9 Å². The zero-order valence-electron chi connectivity index (χ0n) is 28.3. The Hall–Kier alpha value is -5.57. The van der Waals surface area contributed by atoms with Crippen molar-refractivity contribution >= 4 is 41.0 Å². The molecule has 2 aliphatic carbocycles. The number of aromatic hydroxyl groups is 2. The number of ether oxygens (including phenoxy) is 5. The predicted molar refractivity (Wildman–Crippen MR) is 173 cm³/mol. The lowest BCUT2D eigenvalue weighted by molar-refractivity contribution is -0.177. The molecule has 0 radical (unpaired) electrons. The van der Waals surface area contributed by atoms with Crippen LogP contribution in [0.15, 0.2) is 35.4 Å². The predicted octanol–water partition coefficient (Wildman–Crippen LogP) is 3.20. The molecule has 6 atom stereocenters. The summed E-state index contributed by atoms with van der Waals surface area (Å²) in [6.45, 7) is 5.20. The van der Waals surface area contributed by atoms with E-state index in [1.165, 1.54) is 24.3 Å². The topological polar surface area (TPSA) is 233 Å². The summed E-state index contributed by atoms with van der Waals surface area (Å²) in [6, 6.07) is 5.22. The zero-order valence-corrected chi connectivity index (χ0v) is 28.3. The summed E-state index contributed by atoms with van der Waals surface area (Å²) in [5.74, 6) is -7.82. The van der Waals surface area contributed by atoms with E-state index in [4.69, 9.17) is 23.7 Å². The van der Waals surface area contributed by atoms with Gasteiger partial charge in [0.25, 0.3) is 0 Å². The first-order valence-electron chi connectivity index (χ1n) is 16.1. The molecule has 0 amide bonds. The maximum absolute atomic E-state index is 13.5. The molecule has 15 heteroatoms. The second-order valence-electron chi connectivity index (χ2n) is 13.3. The standard InChI is InChI=1S/C36H36O15/c1-14-10-21(41)27-31(45)25-23(50-35(27,12-37)33(14)48-17(4)39)8-6-19(29(25)43)20-7-9-24-26(30(20)44)32(46)28-22(42)11-15(2)34(49-18(5)40)36(28,51-24)13-47-16(3)38/h6-9,14-15,33-34,37,43-46H,10-13H2,1-5H3/t14-,15-,33-,34-,35+,36+/m1/s1. The number of carbonyl (C=O) groups excluding carboxylic acids is 5. The highest BCUT2D eigenvalue weighted by Crippen LogP contribution is 2.56. The molecule has 0 bridgehead atoms. The minimum Gasteiger partial charge on any atom is -0.506 e. The fraction of sp³-hybridized carbons (Fsp3) is 0.417. The summed E-state index contributed by atoms with van der Waals surface area (Å²) in [5.41, 5.74) is -5.72. The van der Waals surface area contributed by atoms with Crippen LogP contribution in [-0.2, 0) is 38.2 Å². The van der Waals surface area contributed by atoms with Crippen LogP contribution in [-0.4, -0.2) is 91.6 Å². The smallest absolute Gasteiger partial charge is 0.303 e. The van der Waals surface area contributed by atoms with Crippen LogP contribution in [0.25, 0.3) is 22.6 Å². The third-order valence-corrected chi connectivity index (χ3v) is 9.78. The van der Waals surface area contributed by atoms with Crippen molar-refractivity contribution in [3.63, 3.8) is 0 Å². The number of hydrogen-bond donors (Lipinski definition) is 5. The van der Waals surface area contributed by atoms with Gasteiger partial charge in [-0.1, -0.05) is 13.8 Å². The third kappa shape index (κ3) is 5.25. The van der Waals surface area contributed by atoms with Crippen LogP contribution in [0, 0.1) is 11.8 Å². The van der Waals surface area contributed by atoms with Crippen LogP contribution >= 0.6 is 0 Å². The summed E-state index contributed by atoms with van der Waals surface area (Å²) >= 11 is 0. The van der Waals surface area contributed by atoms with Crippen molar-refractivity contribution < 1.29 is 73.2 Å². The Morgan fingerprint density at radius 1 is 0.706 bits per heavy atom. The average molecular weight is 709 g/mol. The van der Waals surface area contributed by atoms with Gasteiger partial charge >= 0.3 is 17.9 Å². The number of esters is 3. The molecule has 4 aliphatic rings. The van der Waals surface area contributed by atoms with Gasteiger partial charge in [-0.2, -0.15) is 0 Å². The number of phenolic OH excluding ortho intramolecular Hbond substituents is 2. The Bertz CT molecular complexity index is 1970. The van der Waals surface area contributed by atoms with E-state index in [0.717, 1.165) is 20.8 Å². The van der Waals surface area contributed by atoms with Crippen molar-refractivity contribution in [2.24, 2.45) is 11.8 Å². The van der Waals surface area contributed by atoms with Crippen LogP contribution < -0.4 is 9.47 Å². The van der Waals surface area contributed by atoms with Gasteiger partial charge in [-0.05, 0) is 24.3 Å². The molecule has 270 valence electrons. The number of phenols is 2. The number of rotatable bonds is 6. The second-order valence-corrected chi connectivity index (χ2v) is 13.3. The maximum Gasteiger partial charge on any atom is 0.303 e. The SMILES string of the molecule is CC(=O)OC[C@]12Oc3ccc(-c4ccc5c(c4O)C(O)=C4C(=O)C[C@@H](C)[C@@H](OC(C)=O)[C@@]4(CO)O5)c(O)c3C(O)=C1C(=O)C[C@@H](C)[C@H]2OC(C)=O. The minimum atomic E-state index is -1.98. The summed E-state index contributed by atoms with van der Waals surface area (Å²) in [4.78, 5) is 62.9. The van der Waals surface area contributed by atoms with E-state index in [1.54, 1.807) is 13.8 Å². The quantitative estimate of drug-likeness (QED) is 0.214. The number of aliphatic hydroxyl groups excluding tert-OH is 3. The minimum absolute atomic E-state index is 0.120. The summed E-state index contributed by atoms with van der Waals surface area (Å²) in [5, 5.41) is 57.0. The van der Waals surface area contributed by atoms with Gasteiger partial charge in [0.05, 0.1) is 17.8 Å². The molecule has 2 aliphatic heterocycles.